The highest BCUT2D eigenvalue weighted by molar-refractivity contribution is 6.31. The highest BCUT2D eigenvalue weighted by Gasteiger charge is 2.16. The Bertz CT molecular complexity index is 607. The number of aldehydes is 1. The van der Waals surface area contributed by atoms with Crippen molar-refractivity contribution in [2.75, 3.05) is 0 Å². The first-order valence-corrected chi connectivity index (χ1v) is 6.29. The second kappa shape index (κ2) is 5.53. The topological polar surface area (TPSA) is 43.1 Å². The molecule has 0 aliphatic heterocycles. The molecule has 3 nitrogen and oxygen atoms in total. The monoisotopic (exact) mass is 281 g/mol. The largest absolute Gasteiger partial charge is 0.440 e. The van der Waals surface area contributed by atoms with E-state index < -0.39 is 5.82 Å². The smallest absolute Gasteiger partial charge is 0.227 e. The van der Waals surface area contributed by atoms with Gasteiger partial charge in [-0.25, -0.2) is 9.37 Å². The van der Waals surface area contributed by atoms with Crippen LogP contribution < -0.4 is 0 Å². The minimum atomic E-state index is -0.505. The third-order valence-corrected chi connectivity index (χ3v) is 2.89. The molecule has 2 rings (SSSR count). The molecule has 100 valence electrons. The van der Waals surface area contributed by atoms with E-state index in [2.05, 4.69) is 4.98 Å². The number of benzene rings is 1. The number of nitrogens with zero attached hydrogens (tertiary/aromatic N) is 1. The third kappa shape index (κ3) is 3.01. The molecule has 1 aromatic carbocycles. The number of rotatable bonds is 4. The lowest BCUT2D eigenvalue weighted by Crippen LogP contribution is -1.96. The van der Waals surface area contributed by atoms with Gasteiger partial charge in [-0.2, -0.15) is 0 Å². The summed E-state index contributed by atoms with van der Waals surface area (Å²) in [5.74, 6) is 0.659. The first-order valence-electron chi connectivity index (χ1n) is 5.91. The van der Waals surface area contributed by atoms with Gasteiger partial charge in [0, 0.05) is 12.0 Å². The second-order valence-electron chi connectivity index (χ2n) is 4.67. The number of hydrogen-bond acceptors (Lipinski definition) is 3. The number of carbonyl (C=O) groups is 1. The summed E-state index contributed by atoms with van der Waals surface area (Å²) in [5.41, 5.74) is 0.827. The van der Waals surface area contributed by atoms with Crippen LogP contribution in [0.15, 0.2) is 22.6 Å². The Balaban J connectivity index is 2.42. The van der Waals surface area contributed by atoms with Crippen molar-refractivity contribution in [3.63, 3.8) is 0 Å². The lowest BCUT2D eigenvalue weighted by Gasteiger charge is -2.00. The van der Waals surface area contributed by atoms with Crippen LogP contribution in [0.4, 0.5) is 4.39 Å². The van der Waals surface area contributed by atoms with Gasteiger partial charge in [-0.1, -0.05) is 25.4 Å². The molecule has 0 amide bonds. The van der Waals surface area contributed by atoms with E-state index in [-0.39, 0.29) is 16.6 Å². The van der Waals surface area contributed by atoms with Crippen LogP contribution in [-0.2, 0) is 6.42 Å². The number of hydrogen-bond donors (Lipinski definition) is 0. The molecule has 0 saturated carbocycles. The lowest BCUT2D eigenvalue weighted by atomic mass is 10.1. The zero-order valence-electron chi connectivity index (χ0n) is 10.6. The number of aromatic nitrogens is 1. The molecule has 1 heterocycles. The number of halogens is 2. The fourth-order valence-corrected chi connectivity index (χ4v) is 1.91. The van der Waals surface area contributed by atoms with Gasteiger partial charge in [-0.3, -0.25) is 4.79 Å². The van der Waals surface area contributed by atoms with Gasteiger partial charge in [-0.15, -0.1) is 0 Å². The van der Waals surface area contributed by atoms with Crippen molar-refractivity contribution < 1.29 is 13.6 Å². The predicted octanol–water partition coefficient (Wildman–Crippen LogP) is 4.15. The van der Waals surface area contributed by atoms with E-state index in [9.17, 15) is 9.18 Å². The van der Waals surface area contributed by atoms with Crippen molar-refractivity contribution in [1.29, 1.82) is 0 Å². The van der Waals surface area contributed by atoms with Crippen LogP contribution in [0.1, 0.15) is 30.1 Å². The zero-order valence-corrected chi connectivity index (χ0v) is 11.4. The Morgan fingerprint density at radius 3 is 2.79 bits per heavy atom. The quantitative estimate of drug-likeness (QED) is 0.791. The molecule has 0 radical (unpaired) electrons. The normalized spacial score (nSPS) is 11.0. The van der Waals surface area contributed by atoms with Crippen LogP contribution >= 0.6 is 11.6 Å². The van der Waals surface area contributed by atoms with Gasteiger partial charge in [0.15, 0.2) is 6.29 Å². The van der Waals surface area contributed by atoms with Crippen LogP contribution in [0.3, 0.4) is 0 Å². The highest BCUT2D eigenvalue weighted by Crippen LogP contribution is 2.26. The Kier molecular flexibility index (Phi) is 4.00. The maximum absolute atomic E-state index is 13.1. The average Bonchev–Trinajstić information content (AvgIpc) is 2.75. The summed E-state index contributed by atoms with van der Waals surface area (Å²) in [6.07, 6.45) is 1.28. The van der Waals surface area contributed by atoms with E-state index in [0.717, 1.165) is 0 Å². The van der Waals surface area contributed by atoms with Crippen LogP contribution in [0.2, 0.25) is 5.02 Å². The molecular formula is C14H13ClFNO2. The maximum Gasteiger partial charge on any atom is 0.227 e. The Labute approximate surface area is 115 Å². The summed E-state index contributed by atoms with van der Waals surface area (Å²) in [6, 6.07) is 4.18. The molecule has 0 saturated heterocycles. The molecular weight excluding hydrogens is 269 g/mol. The maximum atomic E-state index is 13.1. The lowest BCUT2D eigenvalue weighted by molar-refractivity contribution is 0.111. The summed E-state index contributed by atoms with van der Waals surface area (Å²) in [6.45, 7) is 4.04. The predicted molar refractivity (Wildman–Crippen MR) is 70.8 cm³/mol. The van der Waals surface area contributed by atoms with Gasteiger partial charge >= 0.3 is 0 Å². The molecule has 1 aromatic heterocycles. The van der Waals surface area contributed by atoms with Crippen molar-refractivity contribution in [3.05, 3.63) is 40.5 Å². The molecule has 0 aliphatic carbocycles. The van der Waals surface area contributed by atoms with Gasteiger partial charge in [0.05, 0.1) is 5.02 Å². The molecule has 0 bridgehead atoms. The summed E-state index contributed by atoms with van der Waals surface area (Å²) >= 11 is 5.71. The first-order chi connectivity index (χ1) is 9.01. The van der Waals surface area contributed by atoms with E-state index in [4.69, 9.17) is 16.0 Å². The van der Waals surface area contributed by atoms with Crippen molar-refractivity contribution in [2.45, 2.75) is 20.3 Å². The fourth-order valence-electron chi connectivity index (χ4n) is 1.73. The van der Waals surface area contributed by atoms with Crippen LogP contribution in [0, 0.1) is 11.7 Å². The van der Waals surface area contributed by atoms with Crippen LogP contribution in [-0.4, -0.2) is 11.3 Å². The summed E-state index contributed by atoms with van der Waals surface area (Å²) in [4.78, 5) is 15.1. The minimum Gasteiger partial charge on any atom is -0.440 e. The molecule has 0 atom stereocenters. The summed E-state index contributed by atoms with van der Waals surface area (Å²) < 4.78 is 18.7. The van der Waals surface area contributed by atoms with Crippen LogP contribution in [0.5, 0.6) is 0 Å². The van der Waals surface area contributed by atoms with E-state index in [1.165, 1.54) is 18.2 Å². The van der Waals surface area contributed by atoms with Gasteiger partial charge in [-0.05, 0) is 24.1 Å². The van der Waals surface area contributed by atoms with Gasteiger partial charge in [0.1, 0.15) is 17.3 Å². The molecule has 19 heavy (non-hydrogen) atoms. The molecule has 0 N–H and O–H groups in total. The van der Waals surface area contributed by atoms with Crippen LogP contribution in [0.25, 0.3) is 11.5 Å². The number of carbonyl (C=O) groups excluding carboxylic acids is 1. The molecule has 0 spiro atoms. The average molecular weight is 282 g/mol. The minimum absolute atomic E-state index is 0.00578. The number of oxazole rings is 1. The van der Waals surface area contributed by atoms with Gasteiger partial charge in [0.25, 0.3) is 0 Å². The summed E-state index contributed by atoms with van der Waals surface area (Å²) in [7, 11) is 0. The van der Waals surface area contributed by atoms with Crippen molar-refractivity contribution in [3.8, 4) is 11.5 Å². The van der Waals surface area contributed by atoms with Crippen molar-refractivity contribution in [2.24, 2.45) is 5.92 Å². The van der Waals surface area contributed by atoms with Crippen molar-refractivity contribution >= 4 is 17.9 Å². The summed E-state index contributed by atoms with van der Waals surface area (Å²) in [5, 5.41) is -0.00578. The highest BCUT2D eigenvalue weighted by atomic mass is 35.5. The van der Waals surface area contributed by atoms with E-state index >= 15 is 0 Å². The third-order valence-electron chi connectivity index (χ3n) is 2.60. The molecule has 0 unspecified atom stereocenters. The fraction of sp³-hybridized carbons (Fsp3) is 0.286. The van der Waals surface area contributed by atoms with E-state index in [1.807, 2.05) is 13.8 Å². The van der Waals surface area contributed by atoms with Gasteiger partial charge in [0.2, 0.25) is 5.89 Å². The van der Waals surface area contributed by atoms with Crippen molar-refractivity contribution in [1.82, 2.24) is 4.98 Å². The molecule has 0 aliphatic rings. The standard InChI is InChI=1S/C14H13ClFNO2/c1-8(2)5-13-12(7-18)17-14(19-13)9-3-4-11(16)10(15)6-9/h3-4,6-8H,5H2,1-2H3. The Hall–Kier alpha value is -1.68. The zero-order chi connectivity index (χ0) is 14.0. The van der Waals surface area contributed by atoms with E-state index in [1.54, 1.807) is 0 Å². The molecule has 2 aromatic rings. The van der Waals surface area contributed by atoms with E-state index in [0.29, 0.717) is 29.9 Å². The first kappa shape index (κ1) is 13.7. The molecule has 0 fully saturated rings. The Morgan fingerprint density at radius 1 is 1.47 bits per heavy atom. The Morgan fingerprint density at radius 2 is 2.21 bits per heavy atom. The second-order valence-corrected chi connectivity index (χ2v) is 5.08. The SMILES string of the molecule is CC(C)Cc1oc(-c2ccc(F)c(Cl)c2)nc1C=O. The molecule has 5 heteroatoms. The van der Waals surface area contributed by atoms with Gasteiger partial charge < -0.3 is 4.42 Å².